The van der Waals surface area contributed by atoms with E-state index in [4.69, 9.17) is 10.5 Å². The molecule has 2 aromatic rings. The highest BCUT2D eigenvalue weighted by atomic mass is 32.2. The molecule has 124 valence electrons. The fourth-order valence-electron chi connectivity index (χ4n) is 1.97. The van der Waals surface area contributed by atoms with Gasteiger partial charge in [-0.2, -0.15) is 0 Å². The summed E-state index contributed by atoms with van der Waals surface area (Å²) in [4.78, 5) is 23.0. The predicted molar refractivity (Wildman–Crippen MR) is 90.5 cm³/mol. The number of ether oxygens (including phenoxy) is 1. The summed E-state index contributed by atoms with van der Waals surface area (Å²) in [6, 6.07) is 0. The number of carbonyl (C=O) groups excluding carboxylic acids is 1. The van der Waals surface area contributed by atoms with Crippen LogP contribution >= 0.6 is 19.6 Å². The van der Waals surface area contributed by atoms with Gasteiger partial charge in [-0.1, -0.05) is 4.57 Å². The molecule has 0 saturated carbocycles. The number of rotatable bonds is 7. The number of anilines is 1. The molecule has 3 atom stereocenters. The number of hydrogen-bond acceptors (Lipinski definition) is 8. The minimum absolute atomic E-state index is 0.0453. The fraction of sp³-hybridized carbons (Fsp3) is 0.538. The van der Waals surface area contributed by atoms with Crippen LogP contribution in [0, 0.1) is 0 Å². The van der Waals surface area contributed by atoms with Crippen molar-refractivity contribution in [1.82, 2.24) is 19.5 Å². The minimum Gasteiger partial charge on any atom is -0.382 e. The number of hydrogen-bond donors (Lipinski definition) is 1. The van der Waals surface area contributed by atoms with Crippen LogP contribution in [0.15, 0.2) is 12.7 Å². The van der Waals surface area contributed by atoms with E-state index in [1.807, 2.05) is 11.5 Å². The zero-order chi connectivity index (χ0) is 17.0. The molecule has 3 unspecified atom stereocenters. The highest BCUT2D eigenvalue weighted by Crippen LogP contribution is 2.36. The SMILES string of the molecule is CC(=O)SC(C)[P+](=O)COC(C)Cn1cnc2c(N)ncnc21. The Balaban J connectivity index is 1.91. The van der Waals surface area contributed by atoms with E-state index < -0.39 is 7.80 Å². The van der Waals surface area contributed by atoms with Gasteiger partial charge in [0.2, 0.25) is 11.3 Å². The molecule has 0 saturated heterocycles. The maximum absolute atomic E-state index is 12.0. The normalized spacial score (nSPS) is 14.7. The molecule has 0 aliphatic rings. The van der Waals surface area contributed by atoms with Crippen LogP contribution in [-0.2, 0) is 20.6 Å². The van der Waals surface area contributed by atoms with E-state index in [1.165, 1.54) is 13.3 Å². The number of nitrogen functional groups attached to an aromatic ring is 1. The van der Waals surface area contributed by atoms with Crippen LogP contribution in [0.3, 0.4) is 0 Å². The van der Waals surface area contributed by atoms with Crippen LogP contribution in [0.25, 0.3) is 11.2 Å². The van der Waals surface area contributed by atoms with E-state index in [0.29, 0.717) is 23.5 Å². The van der Waals surface area contributed by atoms with Crippen molar-refractivity contribution in [2.45, 2.75) is 38.4 Å². The molecule has 10 heteroatoms. The summed E-state index contributed by atoms with van der Waals surface area (Å²) in [7, 11) is -1.61. The largest absolute Gasteiger partial charge is 0.382 e. The van der Waals surface area contributed by atoms with Gasteiger partial charge in [0.05, 0.1) is 19.0 Å². The van der Waals surface area contributed by atoms with E-state index in [-0.39, 0.29) is 22.6 Å². The Bertz CT molecular complexity index is 723. The van der Waals surface area contributed by atoms with Crippen molar-refractivity contribution in [3.05, 3.63) is 12.7 Å². The lowest BCUT2D eigenvalue weighted by atomic mass is 10.4. The van der Waals surface area contributed by atoms with Gasteiger partial charge >= 0.3 is 7.80 Å². The number of carbonyl (C=O) groups is 1. The van der Waals surface area contributed by atoms with Gasteiger partial charge in [0.1, 0.15) is 11.8 Å². The molecule has 0 amide bonds. The Hall–Kier alpha value is -1.57. The number of nitrogens with zero attached hydrogens (tertiary/aromatic N) is 4. The van der Waals surface area contributed by atoms with Crippen molar-refractivity contribution in [1.29, 1.82) is 0 Å². The zero-order valence-electron chi connectivity index (χ0n) is 13.2. The van der Waals surface area contributed by atoms with E-state index in [1.54, 1.807) is 13.3 Å². The average molecular weight is 356 g/mol. The van der Waals surface area contributed by atoms with Gasteiger partial charge in [0, 0.05) is 6.92 Å². The summed E-state index contributed by atoms with van der Waals surface area (Å²) in [5, 5.41) is -0.0453. The maximum atomic E-state index is 12.0. The second-order valence-corrected chi connectivity index (χ2v) is 8.79. The lowest BCUT2D eigenvalue weighted by Gasteiger charge is -2.11. The number of nitrogens with two attached hydrogens (primary N) is 1. The number of fused-ring (bicyclic) bond motifs is 1. The van der Waals surface area contributed by atoms with E-state index in [2.05, 4.69) is 15.0 Å². The third-order valence-electron chi connectivity index (χ3n) is 3.11. The summed E-state index contributed by atoms with van der Waals surface area (Å²) in [5.74, 6) is 0.334. The van der Waals surface area contributed by atoms with Gasteiger partial charge in [0.25, 0.3) is 0 Å². The first-order valence-corrected chi connectivity index (χ1v) is 9.41. The molecule has 0 spiro atoms. The molecule has 23 heavy (non-hydrogen) atoms. The van der Waals surface area contributed by atoms with Crippen LogP contribution in [0.4, 0.5) is 5.82 Å². The predicted octanol–water partition coefficient (Wildman–Crippen LogP) is 2.22. The highest BCUT2D eigenvalue weighted by Gasteiger charge is 2.28. The molecule has 0 aliphatic heterocycles. The first kappa shape index (κ1) is 17.8. The molecule has 2 N–H and O–H groups in total. The summed E-state index contributed by atoms with van der Waals surface area (Å²) < 4.78 is 19.5. The fourth-order valence-corrected chi connectivity index (χ4v) is 4.16. The highest BCUT2D eigenvalue weighted by molar-refractivity contribution is 8.17. The van der Waals surface area contributed by atoms with Crippen molar-refractivity contribution in [2.24, 2.45) is 0 Å². The molecule has 0 aromatic carbocycles. The van der Waals surface area contributed by atoms with Gasteiger partial charge in [-0.15, -0.1) is 0 Å². The van der Waals surface area contributed by atoms with Crippen molar-refractivity contribution in [3.63, 3.8) is 0 Å². The average Bonchev–Trinajstić information content (AvgIpc) is 2.88. The van der Waals surface area contributed by atoms with Gasteiger partial charge < -0.3 is 15.0 Å². The van der Waals surface area contributed by atoms with Gasteiger partial charge in [-0.3, -0.25) is 4.79 Å². The molecule has 2 heterocycles. The third kappa shape index (κ3) is 4.70. The van der Waals surface area contributed by atoms with E-state index >= 15 is 0 Å². The Kier molecular flexibility index (Phi) is 6.04. The molecule has 2 rings (SSSR count). The van der Waals surface area contributed by atoms with E-state index in [0.717, 1.165) is 11.8 Å². The second-order valence-electron chi connectivity index (χ2n) is 5.06. The van der Waals surface area contributed by atoms with Crippen LogP contribution in [0.2, 0.25) is 0 Å². The maximum Gasteiger partial charge on any atom is 0.380 e. The first-order valence-electron chi connectivity index (χ1n) is 7.02. The van der Waals surface area contributed by atoms with Gasteiger partial charge in [-0.05, 0) is 25.6 Å². The molecule has 0 radical (unpaired) electrons. The van der Waals surface area contributed by atoms with Crippen molar-refractivity contribution in [3.8, 4) is 0 Å². The monoisotopic (exact) mass is 356 g/mol. The lowest BCUT2D eigenvalue weighted by Crippen LogP contribution is -2.17. The third-order valence-corrected chi connectivity index (χ3v) is 6.02. The molecule has 0 bridgehead atoms. The Morgan fingerprint density at radius 3 is 2.87 bits per heavy atom. The number of imidazole rings is 1. The molecular weight excluding hydrogens is 337 g/mol. The van der Waals surface area contributed by atoms with Crippen LogP contribution < -0.4 is 5.73 Å². The minimum atomic E-state index is -1.61. The van der Waals surface area contributed by atoms with Crippen molar-refractivity contribution in [2.75, 3.05) is 12.1 Å². The molecule has 2 aromatic heterocycles. The topological polar surface area (TPSA) is 113 Å². The number of thioether (sulfide) groups is 1. The van der Waals surface area contributed by atoms with Crippen LogP contribution in [0.5, 0.6) is 0 Å². The Morgan fingerprint density at radius 1 is 1.43 bits per heavy atom. The summed E-state index contributed by atoms with van der Waals surface area (Å²) in [5.41, 5.74) is 6.93. The molecular formula is C13H19N5O3PS+. The van der Waals surface area contributed by atoms with Crippen LogP contribution in [-0.4, -0.2) is 42.1 Å². The summed E-state index contributed by atoms with van der Waals surface area (Å²) in [6.45, 7) is 5.61. The number of aromatic nitrogens is 4. The Labute approximate surface area is 139 Å². The smallest absolute Gasteiger partial charge is 0.380 e. The first-order chi connectivity index (χ1) is 10.9. The van der Waals surface area contributed by atoms with Crippen LogP contribution in [0.1, 0.15) is 20.8 Å². The van der Waals surface area contributed by atoms with Gasteiger partial charge in [0.15, 0.2) is 16.6 Å². The quantitative estimate of drug-likeness (QED) is 0.751. The molecule has 0 aliphatic carbocycles. The van der Waals surface area contributed by atoms with Crippen molar-refractivity contribution >= 4 is 41.7 Å². The summed E-state index contributed by atoms with van der Waals surface area (Å²) >= 11 is 1.07. The molecule has 8 nitrogen and oxygen atoms in total. The summed E-state index contributed by atoms with van der Waals surface area (Å²) in [6.07, 6.45) is 2.95. The zero-order valence-corrected chi connectivity index (χ0v) is 14.9. The van der Waals surface area contributed by atoms with Gasteiger partial charge in [-0.25, -0.2) is 15.0 Å². The van der Waals surface area contributed by atoms with E-state index in [9.17, 15) is 9.36 Å². The molecule has 0 fully saturated rings. The Morgan fingerprint density at radius 2 is 2.17 bits per heavy atom. The second kappa shape index (κ2) is 7.81. The lowest BCUT2D eigenvalue weighted by molar-refractivity contribution is -0.109. The van der Waals surface area contributed by atoms with Crippen molar-refractivity contribution < 1.29 is 14.1 Å². The standard InChI is InChI=1S/C13H19N5O3PS/c1-8(21-7-22(20)10(3)23-9(2)19)4-18-6-17-11-12(14)15-5-16-13(11)18/h5-6,8,10H,4,7H2,1-3H3,(H2,14,15,16)/q+1.